The summed E-state index contributed by atoms with van der Waals surface area (Å²) in [4.78, 5) is 30.4. The Morgan fingerprint density at radius 3 is 2.88 bits per heavy atom. The highest BCUT2D eigenvalue weighted by Crippen LogP contribution is 2.30. The first-order chi connectivity index (χ1) is 11.6. The number of thiol groups is 1. The van der Waals surface area contributed by atoms with Crippen molar-refractivity contribution in [3.05, 3.63) is 48.3 Å². The molecule has 7 heteroatoms. The van der Waals surface area contributed by atoms with Crippen LogP contribution in [0.5, 0.6) is 0 Å². The minimum absolute atomic E-state index is 0.0845. The summed E-state index contributed by atoms with van der Waals surface area (Å²) in [6, 6.07) is 9.18. The Balaban J connectivity index is 1.99. The predicted octanol–water partition coefficient (Wildman–Crippen LogP) is 2.59. The summed E-state index contributed by atoms with van der Waals surface area (Å²) < 4.78 is 0. The molecule has 2 aromatic heterocycles. The summed E-state index contributed by atoms with van der Waals surface area (Å²) in [5.74, 6) is -0.113. The summed E-state index contributed by atoms with van der Waals surface area (Å²) in [5, 5.41) is 3.63. The summed E-state index contributed by atoms with van der Waals surface area (Å²) in [6.45, 7) is 0. The topological polar surface area (TPSA) is 101 Å². The molecular formula is C17H16N4O2S. The van der Waals surface area contributed by atoms with E-state index in [1.165, 1.54) is 6.20 Å². The zero-order valence-corrected chi connectivity index (χ0v) is 13.6. The Bertz CT molecular complexity index is 920. The van der Waals surface area contributed by atoms with Crippen molar-refractivity contribution in [1.82, 2.24) is 9.97 Å². The van der Waals surface area contributed by atoms with E-state index < -0.39 is 5.91 Å². The first-order valence-corrected chi connectivity index (χ1v) is 8.00. The van der Waals surface area contributed by atoms with Crippen LogP contribution in [0.3, 0.4) is 0 Å². The van der Waals surface area contributed by atoms with Crippen LogP contribution in [-0.4, -0.2) is 27.5 Å². The maximum Gasteiger partial charge on any atom is 0.250 e. The molecule has 2 amide bonds. The van der Waals surface area contributed by atoms with Crippen molar-refractivity contribution in [2.24, 2.45) is 5.73 Å². The zero-order chi connectivity index (χ0) is 17.1. The predicted molar refractivity (Wildman–Crippen MR) is 97.1 cm³/mol. The number of pyridine rings is 1. The number of hydrogen-bond donors (Lipinski definition) is 4. The minimum atomic E-state index is -0.524. The Labute approximate surface area is 143 Å². The summed E-state index contributed by atoms with van der Waals surface area (Å²) in [7, 11) is 0. The third-order valence-electron chi connectivity index (χ3n) is 3.61. The van der Waals surface area contributed by atoms with Crippen LogP contribution in [-0.2, 0) is 4.79 Å². The van der Waals surface area contributed by atoms with Gasteiger partial charge in [-0.3, -0.25) is 9.59 Å². The summed E-state index contributed by atoms with van der Waals surface area (Å²) in [5.41, 5.74) is 8.82. The Morgan fingerprint density at radius 1 is 1.29 bits per heavy atom. The van der Waals surface area contributed by atoms with Gasteiger partial charge in [0, 0.05) is 35.5 Å². The number of rotatable bonds is 5. The quantitative estimate of drug-likeness (QED) is 0.537. The third kappa shape index (κ3) is 3.26. The maximum absolute atomic E-state index is 11.7. The molecular weight excluding hydrogens is 324 g/mol. The molecule has 0 saturated carbocycles. The lowest BCUT2D eigenvalue weighted by molar-refractivity contribution is -0.115. The third-order valence-corrected chi connectivity index (χ3v) is 3.84. The van der Waals surface area contributed by atoms with Crippen molar-refractivity contribution in [2.45, 2.75) is 6.42 Å². The highest BCUT2D eigenvalue weighted by molar-refractivity contribution is 7.80. The molecule has 0 atom stereocenters. The standard InChI is InChI=1S/C17H16N4O2S/c18-16(23)11-7-13-14(9-20-17(13)19-8-11)10-2-1-3-12(6-10)21-15(22)4-5-24/h1-3,6-9,24H,4-5H2,(H2,18,23)(H,19,20)(H,21,22). The molecule has 122 valence electrons. The van der Waals surface area contributed by atoms with E-state index >= 15 is 0 Å². The van der Waals surface area contributed by atoms with Crippen molar-refractivity contribution in [1.29, 1.82) is 0 Å². The van der Waals surface area contributed by atoms with Crippen LogP contribution < -0.4 is 11.1 Å². The normalized spacial score (nSPS) is 10.7. The van der Waals surface area contributed by atoms with E-state index in [4.69, 9.17) is 5.73 Å². The lowest BCUT2D eigenvalue weighted by atomic mass is 10.0. The van der Waals surface area contributed by atoms with Gasteiger partial charge in [0.15, 0.2) is 0 Å². The number of primary amides is 1. The molecule has 6 nitrogen and oxygen atoms in total. The summed E-state index contributed by atoms with van der Waals surface area (Å²) in [6.07, 6.45) is 3.61. The maximum atomic E-state index is 11.7. The van der Waals surface area contributed by atoms with Gasteiger partial charge >= 0.3 is 0 Å². The van der Waals surface area contributed by atoms with Gasteiger partial charge in [0.1, 0.15) is 5.65 Å². The molecule has 0 spiro atoms. The number of carbonyl (C=O) groups excluding carboxylic acids is 2. The number of nitrogens with one attached hydrogen (secondary N) is 2. The number of anilines is 1. The monoisotopic (exact) mass is 340 g/mol. The molecule has 24 heavy (non-hydrogen) atoms. The van der Waals surface area contributed by atoms with E-state index in [0.29, 0.717) is 29.1 Å². The number of benzene rings is 1. The smallest absolute Gasteiger partial charge is 0.250 e. The largest absolute Gasteiger partial charge is 0.366 e. The fourth-order valence-electron chi connectivity index (χ4n) is 2.47. The number of fused-ring (bicyclic) bond motifs is 1. The number of H-pyrrole nitrogens is 1. The van der Waals surface area contributed by atoms with Gasteiger partial charge < -0.3 is 16.0 Å². The van der Waals surface area contributed by atoms with E-state index in [9.17, 15) is 9.59 Å². The number of hydrogen-bond acceptors (Lipinski definition) is 4. The van der Waals surface area contributed by atoms with Gasteiger partial charge in [0.25, 0.3) is 0 Å². The van der Waals surface area contributed by atoms with Crippen LogP contribution in [0.1, 0.15) is 16.8 Å². The van der Waals surface area contributed by atoms with Crippen molar-refractivity contribution in [3.63, 3.8) is 0 Å². The lowest BCUT2D eigenvalue weighted by Gasteiger charge is -2.07. The van der Waals surface area contributed by atoms with Crippen molar-refractivity contribution in [3.8, 4) is 11.1 Å². The van der Waals surface area contributed by atoms with Gasteiger partial charge in [-0.15, -0.1) is 0 Å². The van der Waals surface area contributed by atoms with Crippen LogP contribution in [0, 0.1) is 0 Å². The second-order valence-corrected chi connectivity index (χ2v) is 5.74. The van der Waals surface area contributed by atoms with Crippen molar-refractivity contribution in [2.75, 3.05) is 11.1 Å². The van der Waals surface area contributed by atoms with E-state index in [-0.39, 0.29) is 5.91 Å². The van der Waals surface area contributed by atoms with E-state index in [1.54, 1.807) is 6.07 Å². The van der Waals surface area contributed by atoms with Gasteiger partial charge in [-0.05, 0) is 29.5 Å². The number of amides is 2. The molecule has 0 radical (unpaired) electrons. The molecule has 3 rings (SSSR count). The van der Waals surface area contributed by atoms with Gasteiger partial charge in [0.05, 0.1) is 5.56 Å². The minimum Gasteiger partial charge on any atom is -0.366 e. The molecule has 0 bridgehead atoms. The van der Waals surface area contributed by atoms with Crippen LogP contribution in [0.15, 0.2) is 42.7 Å². The molecule has 0 aliphatic carbocycles. The number of nitrogens with zero attached hydrogens (tertiary/aromatic N) is 1. The summed E-state index contributed by atoms with van der Waals surface area (Å²) >= 11 is 4.05. The number of aromatic nitrogens is 2. The van der Waals surface area contributed by atoms with Gasteiger partial charge in [-0.2, -0.15) is 12.6 Å². The van der Waals surface area contributed by atoms with E-state index in [0.717, 1.165) is 16.5 Å². The molecule has 0 aliphatic rings. The fraction of sp³-hybridized carbons (Fsp3) is 0.118. The van der Waals surface area contributed by atoms with E-state index in [1.807, 2.05) is 30.5 Å². The molecule has 0 unspecified atom stereocenters. The molecule has 0 aliphatic heterocycles. The van der Waals surface area contributed by atoms with Crippen molar-refractivity contribution >= 4 is 41.2 Å². The van der Waals surface area contributed by atoms with Gasteiger partial charge in [-0.25, -0.2) is 4.98 Å². The van der Waals surface area contributed by atoms with Crippen LogP contribution in [0.4, 0.5) is 5.69 Å². The van der Waals surface area contributed by atoms with Gasteiger partial charge in [0.2, 0.25) is 11.8 Å². The molecule has 2 heterocycles. The second kappa shape index (κ2) is 6.76. The second-order valence-electron chi connectivity index (χ2n) is 5.29. The number of aromatic amines is 1. The van der Waals surface area contributed by atoms with Crippen LogP contribution in [0.25, 0.3) is 22.2 Å². The Kier molecular flexibility index (Phi) is 4.52. The van der Waals surface area contributed by atoms with Gasteiger partial charge in [-0.1, -0.05) is 12.1 Å². The average Bonchev–Trinajstić information content (AvgIpc) is 2.98. The Morgan fingerprint density at radius 2 is 2.12 bits per heavy atom. The molecule has 0 saturated heterocycles. The average molecular weight is 340 g/mol. The molecule has 0 fully saturated rings. The number of carbonyl (C=O) groups is 2. The number of nitrogens with two attached hydrogens (primary N) is 1. The fourth-order valence-corrected chi connectivity index (χ4v) is 2.67. The first kappa shape index (κ1) is 16.1. The van der Waals surface area contributed by atoms with Crippen LogP contribution >= 0.6 is 12.6 Å². The van der Waals surface area contributed by atoms with Crippen molar-refractivity contribution < 1.29 is 9.59 Å². The van der Waals surface area contributed by atoms with E-state index in [2.05, 4.69) is 27.9 Å². The SMILES string of the molecule is NC(=O)c1cnc2[nH]cc(-c3cccc(NC(=O)CCS)c3)c2c1. The highest BCUT2D eigenvalue weighted by atomic mass is 32.1. The molecule has 3 aromatic rings. The molecule has 1 aromatic carbocycles. The Hall–Kier alpha value is -2.80. The zero-order valence-electron chi connectivity index (χ0n) is 12.7. The molecule has 4 N–H and O–H groups in total. The first-order valence-electron chi connectivity index (χ1n) is 7.36. The van der Waals surface area contributed by atoms with Crippen LogP contribution in [0.2, 0.25) is 0 Å². The lowest BCUT2D eigenvalue weighted by Crippen LogP contribution is -2.11. The highest BCUT2D eigenvalue weighted by Gasteiger charge is 2.11.